The van der Waals surface area contributed by atoms with Crippen molar-refractivity contribution in [2.75, 3.05) is 11.5 Å². The summed E-state index contributed by atoms with van der Waals surface area (Å²) in [7, 11) is -4.72. The Bertz CT molecular complexity index is 1320. The second kappa shape index (κ2) is 12.6. The highest BCUT2D eigenvalue weighted by Crippen LogP contribution is 2.37. The highest BCUT2D eigenvalue weighted by atomic mass is 35.5. The Morgan fingerprint density at radius 1 is 1.00 bits per heavy atom. The molecule has 4 nitrogen and oxygen atoms in total. The van der Waals surface area contributed by atoms with Crippen LogP contribution in [-0.4, -0.2) is 44.5 Å². The lowest BCUT2D eigenvalue weighted by atomic mass is 9.97. The Hall–Kier alpha value is -2.09. The molecule has 0 bridgehead atoms. The number of carbonyl (C=O) groups excluding carboxylic acids is 1. The average molecular weight is 647 g/mol. The predicted octanol–water partition coefficient (Wildman–Crippen LogP) is 7.82. The second-order valence-corrected chi connectivity index (χ2v) is 11.7. The van der Waals surface area contributed by atoms with E-state index in [4.69, 9.17) is 34.8 Å². The standard InChI is InChI=1S/C23H18Cl3F8NO3S/c1-11(9-39(37,38)10-22(29,30)31)35-21(36)15-5-3-12(6-16(15)23(32,33)34)2-4-14(20(27)28)13-7-17(24)19(26)18(25)8-13/h2-8,11,14,20H,9-10H2,1H3,(H,35,36)/b4-2+/t11-,14?/m1/s1. The van der Waals surface area contributed by atoms with Crippen LogP contribution in [0.4, 0.5) is 35.1 Å². The molecule has 0 aliphatic heterocycles. The van der Waals surface area contributed by atoms with Crippen LogP contribution in [0.1, 0.15) is 39.9 Å². The Balaban J connectivity index is 2.34. The lowest BCUT2D eigenvalue weighted by Gasteiger charge is -2.18. The van der Waals surface area contributed by atoms with Gasteiger partial charge in [0.25, 0.3) is 5.91 Å². The van der Waals surface area contributed by atoms with Crippen LogP contribution in [0.2, 0.25) is 15.1 Å². The first kappa shape index (κ1) is 33.1. The van der Waals surface area contributed by atoms with E-state index in [0.29, 0.717) is 6.07 Å². The molecule has 0 radical (unpaired) electrons. The van der Waals surface area contributed by atoms with E-state index in [1.54, 1.807) is 0 Å². The number of amides is 1. The van der Waals surface area contributed by atoms with Crippen LogP contribution in [0.15, 0.2) is 36.4 Å². The van der Waals surface area contributed by atoms with Gasteiger partial charge in [-0.05, 0) is 42.3 Å². The molecule has 2 rings (SSSR count). The van der Waals surface area contributed by atoms with Crippen molar-refractivity contribution in [3.05, 3.63) is 73.7 Å². The van der Waals surface area contributed by atoms with E-state index >= 15 is 0 Å². The van der Waals surface area contributed by atoms with Crippen LogP contribution < -0.4 is 5.32 Å². The molecule has 0 saturated heterocycles. The third kappa shape index (κ3) is 9.80. The molecule has 0 aliphatic carbocycles. The first-order chi connectivity index (χ1) is 17.7. The number of benzene rings is 2. The number of sulfone groups is 1. The van der Waals surface area contributed by atoms with Gasteiger partial charge in [-0.1, -0.05) is 53.0 Å². The number of hydrogen-bond acceptors (Lipinski definition) is 3. The van der Waals surface area contributed by atoms with Crippen LogP contribution in [0.25, 0.3) is 6.08 Å². The number of halogens is 11. The number of alkyl halides is 8. The highest BCUT2D eigenvalue weighted by Gasteiger charge is 2.37. The zero-order valence-corrected chi connectivity index (χ0v) is 22.6. The number of nitrogens with one attached hydrogen (secondary N) is 1. The van der Waals surface area contributed by atoms with Crippen molar-refractivity contribution in [3.63, 3.8) is 0 Å². The third-order valence-electron chi connectivity index (χ3n) is 5.02. The number of rotatable bonds is 9. The predicted molar refractivity (Wildman–Crippen MR) is 132 cm³/mol. The van der Waals surface area contributed by atoms with Gasteiger partial charge < -0.3 is 5.32 Å². The van der Waals surface area contributed by atoms with Crippen LogP contribution in [0.5, 0.6) is 0 Å². The SMILES string of the molecule is C[C@H](CS(=O)(=O)CC(F)(F)F)NC(=O)c1ccc(/C=C/C(c2cc(Cl)c(Cl)c(Cl)c2)C(F)F)cc1C(F)(F)F. The first-order valence-corrected chi connectivity index (χ1v) is 13.6. The molecule has 1 amide bonds. The Kier molecular flexibility index (Phi) is 10.7. The Labute approximate surface area is 232 Å². The molecule has 0 heterocycles. The highest BCUT2D eigenvalue weighted by molar-refractivity contribution is 7.91. The second-order valence-electron chi connectivity index (χ2n) is 8.36. The van der Waals surface area contributed by atoms with E-state index in [9.17, 15) is 48.3 Å². The molecule has 1 N–H and O–H groups in total. The lowest BCUT2D eigenvalue weighted by Crippen LogP contribution is -2.40. The van der Waals surface area contributed by atoms with Gasteiger partial charge in [-0.2, -0.15) is 26.3 Å². The van der Waals surface area contributed by atoms with Gasteiger partial charge in [-0.15, -0.1) is 0 Å². The quantitative estimate of drug-likeness (QED) is 0.223. The summed E-state index contributed by atoms with van der Waals surface area (Å²) in [5.41, 5.74) is -2.74. The fourth-order valence-electron chi connectivity index (χ4n) is 3.45. The van der Waals surface area contributed by atoms with E-state index in [-0.39, 0.29) is 26.2 Å². The fraction of sp³-hybridized carbons (Fsp3) is 0.348. The summed E-state index contributed by atoms with van der Waals surface area (Å²) >= 11 is 17.6. The van der Waals surface area contributed by atoms with Gasteiger partial charge in [0.2, 0.25) is 6.43 Å². The molecule has 0 spiro atoms. The number of hydrogen-bond donors (Lipinski definition) is 1. The van der Waals surface area contributed by atoms with Crippen LogP contribution >= 0.6 is 34.8 Å². The first-order valence-electron chi connectivity index (χ1n) is 10.6. The van der Waals surface area contributed by atoms with E-state index in [2.05, 4.69) is 0 Å². The molecule has 0 aliphatic rings. The molecule has 16 heteroatoms. The maximum absolute atomic E-state index is 13.7. The largest absolute Gasteiger partial charge is 0.417 e. The van der Waals surface area contributed by atoms with Gasteiger partial charge in [-0.3, -0.25) is 4.79 Å². The Morgan fingerprint density at radius 2 is 1.56 bits per heavy atom. The summed E-state index contributed by atoms with van der Waals surface area (Å²) in [6, 6.07) is 3.03. The Morgan fingerprint density at radius 3 is 2.05 bits per heavy atom. The van der Waals surface area contributed by atoms with Crippen molar-refractivity contribution >= 4 is 56.6 Å². The molecule has 1 unspecified atom stereocenters. The average Bonchev–Trinajstić information content (AvgIpc) is 2.74. The molecular weight excluding hydrogens is 629 g/mol. The zero-order chi connectivity index (χ0) is 29.9. The lowest BCUT2D eigenvalue weighted by molar-refractivity contribution is -0.138. The topological polar surface area (TPSA) is 63.2 Å². The number of carbonyl (C=O) groups is 1. The minimum Gasteiger partial charge on any atom is -0.349 e. The van der Waals surface area contributed by atoms with Crippen LogP contribution in [0, 0.1) is 0 Å². The smallest absolute Gasteiger partial charge is 0.349 e. The fourth-order valence-corrected chi connectivity index (χ4v) is 5.53. The van der Waals surface area contributed by atoms with Gasteiger partial charge >= 0.3 is 12.4 Å². The molecule has 0 saturated carbocycles. The third-order valence-corrected chi connectivity index (χ3v) is 7.99. The van der Waals surface area contributed by atoms with Gasteiger partial charge in [0, 0.05) is 6.04 Å². The normalized spacial score (nSPS) is 14.6. The summed E-state index contributed by atoms with van der Waals surface area (Å²) < 4.78 is 129. The van der Waals surface area contributed by atoms with Crippen LogP contribution in [-0.2, 0) is 16.0 Å². The molecule has 0 fully saturated rings. The molecule has 39 heavy (non-hydrogen) atoms. The maximum atomic E-state index is 13.7. The van der Waals surface area contributed by atoms with E-state index in [1.807, 2.05) is 5.32 Å². The molecular formula is C23H18Cl3F8NO3S. The van der Waals surface area contributed by atoms with Crippen molar-refractivity contribution in [1.29, 1.82) is 0 Å². The van der Waals surface area contributed by atoms with Crippen molar-refractivity contribution < 1.29 is 48.3 Å². The zero-order valence-electron chi connectivity index (χ0n) is 19.5. The summed E-state index contributed by atoms with van der Waals surface area (Å²) in [4.78, 5) is 12.5. The van der Waals surface area contributed by atoms with Crippen molar-refractivity contribution in [2.24, 2.45) is 0 Å². The molecule has 216 valence electrons. The van der Waals surface area contributed by atoms with Crippen LogP contribution in [0.3, 0.4) is 0 Å². The van der Waals surface area contributed by atoms with E-state index < -0.39 is 69.1 Å². The molecule has 2 aromatic rings. The van der Waals surface area contributed by atoms with Crippen molar-refractivity contribution in [1.82, 2.24) is 5.32 Å². The molecule has 2 aromatic carbocycles. The number of allylic oxidation sites excluding steroid dienone is 1. The minimum absolute atomic E-state index is 0.0674. The minimum atomic E-state index is -5.11. The summed E-state index contributed by atoms with van der Waals surface area (Å²) in [5, 5.41) is 1.62. The molecule has 2 atom stereocenters. The van der Waals surface area contributed by atoms with E-state index in [0.717, 1.165) is 43.3 Å². The monoisotopic (exact) mass is 645 g/mol. The maximum Gasteiger partial charge on any atom is 0.417 e. The summed E-state index contributed by atoms with van der Waals surface area (Å²) in [5.74, 6) is -6.38. The van der Waals surface area contributed by atoms with Gasteiger partial charge in [0.1, 0.15) is 5.75 Å². The summed E-state index contributed by atoms with van der Waals surface area (Å²) in [6.45, 7) is 1.01. The van der Waals surface area contributed by atoms with Gasteiger partial charge in [0.05, 0.1) is 37.9 Å². The summed E-state index contributed by atoms with van der Waals surface area (Å²) in [6.07, 6.45) is -11.3. The van der Waals surface area contributed by atoms with Gasteiger partial charge in [0.15, 0.2) is 9.84 Å². The van der Waals surface area contributed by atoms with Crippen molar-refractivity contribution in [3.8, 4) is 0 Å². The van der Waals surface area contributed by atoms with Crippen molar-refractivity contribution in [2.45, 2.75) is 37.7 Å². The molecule has 0 aromatic heterocycles. The van der Waals surface area contributed by atoms with Gasteiger partial charge in [-0.25, -0.2) is 17.2 Å². The van der Waals surface area contributed by atoms with E-state index in [1.165, 1.54) is 0 Å².